The molecular formula is C23H28ClN3O3S. The van der Waals surface area contributed by atoms with E-state index in [1.807, 2.05) is 58.9 Å². The molecule has 3 N–H and O–H groups in total. The van der Waals surface area contributed by atoms with E-state index < -0.39 is 11.7 Å². The Kier molecular flexibility index (Phi) is 6.67. The van der Waals surface area contributed by atoms with E-state index in [0.29, 0.717) is 22.2 Å². The maximum Gasteiger partial charge on any atom is 0.412 e. The van der Waals surface area contributed by atoms with Crippen LogP contribution in [0.1, 0.15) is 52.6 Å². The van der Waals surface area contributed by atoms with Gasteiger partial charge in [0.15, 0.2) is 5.11 Å². The van der Waals surface area contributed by atoms with Crippen LogP contribution in [0.3, 0.4) is 0 Å². The number of nitrogens with one attached hydrogen (secondary N) is 3. The zero-order chi connectivity index (χ0) is 22.8. The first-order valence-corrected chi connectivity index (χ1v) is 10.8. The lowest BCUT2D eigenvalue weighted by atomic mass is 9.89. The standard InChI is InChI=1S/C23H28ClN3O3S/c1-22(2,3)30-21(28)26-16-10-11-19-17(12-16)18(13-23(4,5)29-19)27-20(31)25-15-8-6-14(24)7-9-15/h6-12,18H,13H2,1-5H3,(H,26,28)(H2,25,27,31)/t18-/m1/s1. The summed E-state index contributed by atoms with van der Waals surface area (Å²) >= 11 is 11.5. The van der Waals surface area contributed by atoms with Gasteiger partial charge in [0.25, 0.3) is 0 Å². The Morgan fingerprint density at radius 2 is 1.77 bits per heavy atom. The lowest BCUT2D eigenvalue weighted by Gasteiger charge is -2.38. The Labute approximate surface area is 193 Å². The van der Waals surface area contributed by atoms with Crippen LogP contribution in [0.5, 0.6) is 5.75 Å². The first kappa shape index (κ1) is 23.2. The minimum absolute atomic E-state index is 0.105. The van der Waals surface area contributed by atoms with Gasteiger partial charge in [-0.15, -0.1) is 0 Å². The summed E-state index contributed by atoms with van der Waals surface area (Å²) in [5.74, 6) is 0.748. The third kappa shape index (κ3) is 6.74. The van der Waals surface area contributed by atoms with Gasteiger partial charge < -0.3 is 20.1 Å². The molecule has 31 heavy (non-hydrogen) atoms. The fraction of sp³-hybridized carbons (Fsp3) is 0.391. The van der Waals surface area contributed by atoms with Gasteiger partial charge in [-0.3, -0.25) is 5.32 Å². The molecule has 1 heterocycles. The second-order valence-corrected chi connectivity index (χ2v) is 9.95. The number of halogens is 1. The van der Waals surface area contributed by atoms with Crippen molar-refractivity contribution in [3.05, 3.63) is 53.1 Å². The Bertz CT molecular complexity index is 971. The Balaban J connectivity index is 1.77. The Hall–Kier alpha value is -2.51. The molecule has 6 nitrogen and oxygen atoms in total. The van der Waals surface area contributed by atoms with Crippen molar-refractivity contribution in [3.63, 3.8) is 0 Å². The predicted molar refractivity (Wildman–Crippen MR) is 129 cm³/mol. The molecule has 1 amide bonds. The van der Waals surface area contributed by atoms with Crippen molar-refractivity contribution >= 4 is 46.4 Å². The van der Waals surface area contributed by atoms with E-state index in [2.05, 4.69) is 16.0 Å². The summed E-state index contributed by atoms with van der Waals surface area (Å²) in [4.78, 5) is 12.2. The summed E-state index contributed by atoms with van der Waals surface area (Å²) in [7, 11) is 0. The molecule has 0 unspecified atom stereocenters. The second-order valence-electron chi connectivity index (χ2n) is 9.10. The molecule has 1 aliphatic rings. The summed E-state index contributed by atoms with van der Waals surface area (Å²) in [5.41, 5.74) is 1.43. The summed E-state index contributed by atoms with van der Waals surface area (Å²) in [5, 5.41) is 10.5. The maximum absolute atomic E-state index is 12.2. The summed E-state index contributed by atoms with van der Waals surface area (Å²) in [6, 6.07) is 12.8. The van der Waals surface area contributed by atoms with Gasteiger partial charge >= 0.3 is 6.09 Å². The minimum atomic E-state index is -0.574. The number of ether oxygens (including phenoxy) is 2. The van der Waals surface area contributed by atoms with Crippen LogP contribution >= 0.6 is 23.8 Å². The third-order valence-corrected chi connectivity index (χ3v) is 4.99. The van der Waals surface area contributed by atoms with Gasteiger partial charge in [0.1, 0.15) is 17.0 Å². The van der Waals surface area contributed by atoms with E-state index in [1.54, 1.807) is 18.2 Å². The van der Waals surface area contributed by atoms with E-state index >= 15 is 0 Å². The molecule has 8 heteroatoms. The molecule has 2 aromatic carbocycles. The van der Waals surface area contributed by atoms with Gasteiger partial charge in [-0.25, -0.2) is 4.79 Å². The number of amides is 1. The van der Waals surface area contributed by atoms with E-state index in [1.165, 1.54) is 0 Å². The molecular weight excluding hydrogens is 434 g/mol. The monoisotopic (exact) mass is 461 g/mol. The van der Waals surface area contributed by atoms with Crippen LogP contribution in [-0.4, -0.2) is 22.4 Å². The highest BCUT2D eigenvalue weighted by Gasteiger charge is 2.34. The molecule has 0 saturated carbocycles. The van der Waals surface area contributed by atoms with Crippen molar-refractivity contribution in [2.24, 2.45) is 0 Å². The van der Waals surface area contributed by atoms with Crippen molar-refractivity contribution in [1.29, 1.82) is 0 Å². The molecule has 1 atom stereocenters. The topological polar surface area (TPSA) is 71.6 Å². The molecule has 0 spiro atoms. The zero-order valence-electron chi connectivity index (χ0n) is 18.3. The van der Waals surface area contributed by atoms with Gasteiger partial charge in [-0.05, 0) is 89.3 Å². The largest absolute Gasteiger partial charge is 0.487 e. The van der Waals surface area contributed by atoms with Crippen molar-refractivity contribution in [2.75, 3.05) is 10.6 Å². The lowest BCUT2D eigenvalue weighted by molar-refractivity contribution is 0.0632. The number of hydrogen-bond donors (Lipinski definition) is 3. The minimum Gasteiger partial charge on any atom is -0.487 e. The summed E-state index contributed by atoms with van der Waals surface area (Å²) in [6.45, 7) is 9.54. The fourth-order valence-electron chi connectivity index (χ4n) is 3.34. The van der Waals surface area contributed by atoms with Gasteiger partial charge in [0, 0.05) is 28.4 Å². The van der Waals surface area contributed by atoms with Gasteiger partial charge in [-0.1, -0.05) is 11.6 Å². The van der Waals surface area contributed by atoms with Crippen molar-refractivity contribution in [3.8, 4) is 5.75 Å². The van der Waals surface area contributed by atoms with Crippen LogP contribution in [-0.2, 0) is 4.74 Å². The number of carbonyl (C=O) groups is 1. The first-order valence-electron chi connectivity index (χ1n) is 10.1. The SMILES string of the molecule is CC(C)(C)OC(=O)Nc1ccc2c(c1)[C@H](NC(=S)Nc1ccc(Cl)cc1)CC(C)(C)O2. The average Bonchev–Trinajstić information content (AvgIpc) is 2.62. The van der Waals surface area contributed by atoms with E-state index in [0.717, 1.165) is 17.0 Å². The lowest BCUT2D eigenvalue weighted by Crippen LogP contribution is -2.42. The van der Waals surface area contributed by atoms with Crippen LogP contribution in [0.4, 0.5) is 16.2 Å². The highest BCUT2D eigenvalue weighted by atomic mass is 35.5. The summed E-state index contributed by atoms with van der Waals surface area (Å²) < 4.78 is 11.5. The summed E-state index contributed by atoms with van der Waals surface area (Å²) in [6.07, 6.45) is 0.187. The van der Waals surface area contributed by atoms with Gasteiger partial charge in [0.2, 0.25) is 0 Å². The van der Waals surface area contributed by atoms with Crippen molar-refractivity contribution < 1.29 is 14.3 Å². The van der Waals surface area contributed by atoms with Crippen LogP contribution in [0.2, 0.25) is 5.02 Å². The van der Waals surface area contributed by atoms with Crippen molar-refractivity contribution in [2.45, 2.75) is 58.3 Å². The van der Waals surface area contributed by atoms with Gasteiger partial charge in [0.05, 0.1) is 6.04 Å². The van der Waals surface area contributed by atoms with Crippen molar-refractivity contribution in [1.82, 2.24) is 5.32 Å². The van der Waals surface area contributed by atoms with E-state index in [4.69, 9.17) is 33.3 Å². The number of carbonyl (C=O) groups excluding carboxylic acids is 1. The highest BCUT2D eigenvalue weighted by Crippen LogP contribution is 2.40. The Morgan fingerprint density at radius 3 is 2.42 bits per heavy atom. The number of benzene rings is 2. The molecule has 0 fully saturated rings. The van der Waals surface area contributed by atoms with Gasteiger partial charge in [-0.2, -0.15) is 0 Å². The van der Waals surface area contributed by atoms with Crippen LogP contribution < -0.4 is 20.7 Å². The number of fused-ring (bicyclic) bond motifs is 1. The number of hydrogen-bond acceptors (Lipinski definition) is 4. The molecule has 2 aromatic rings. The highest BCUT2D eigenvalue weighted by molar-refractivity contribution is 7.80. The van der Waals surface area contributed by atoms with Crippen LogP contribution in [0.15, 0.2) is 42.5 Å². The molecule has 0 radical (unpaired) electrons. The smallest absolute Gasteiger partial charge is 0.412 e. The number of thiocarbonyl (C=S) groups is 1. The average molecular weight is 462 g/mol. The molecule has 0 bridgehead atoms. The molecule has 3 rings (SSSR count). The predicted octanol–water partition coefficient (Wildman–Crippen LogP) is 6.28. The quantitative estimate of drug-likeness (QED) is 0.467. The zero-order valence-corrected chi connectivity index (χ0v) is 19.9. The first-order chi connectivity index (χ1) is 14.4. The fourth-order valence-corrected chi connectivity index (χ4v) is 3.73. The second kappa shape index (κ2) is 8.93. The molecule has 0 saturated heterocycles. The normalized spacial score (nSPS) is 17.0. The van der Waals surface area contributed by atoms with E-state index in [-0.39, 0.29) is 11.6 Å². The Morgan fingerprint density at radius 1 is 1.13 bits per heavy atom. The molecule has 0 aliphatic carbocycles. The molecule has 0 aromatic heterocycles. The number of rotatable bonds is 3. The van der Waals surface area contributed by atoms with E-state index in [9.17, 15) is 4.79 Å². The third-order valence-electron chi connectivity index (χ3n) is 4.52. The number of anilines is 2. The van der Waals surface area contributed by atoms with Crippen LogP contribution in [0.25, 0.3) is 0 Å². The van der Waals surface area contributed by atoms with Crippen LogP contribution in [0, 0.1) is 0 Å². The molecule has 1 aliphatic heterocycles. The maximum atomic E-state index is 12.2. The molecule has 166 valence electrons.